The molecular formula is C18H22N2O4S2. The van der Waals surface area contributed by atoms with Crippen molar-refractivity contribution in [3.63, 3.8) is 0 Å². The Morgan fingerprint density at radius 3 is 2.27 bits per heavy atom. The molecule has 0 aromatic heterocycles. The predicted octanol–water partition coefficient (Wildman–Crippen LogP) is 2.95. The van der Waals surface area contributed by atoms with Crippen molar-refractivity contribution in [1.82, 2.24) is 0 Å². The number of hydrogen-bond donors (Lipinski definition) is 1. The van der Waals surface area contributed by atoms with E-state index in [1.54, 1.807) is 43.3 Å². The van der Waals surface area contributed by atoms with E-state index >= 15 is 0 Å². The van der Waals surface area contributed by atoms with Crippen molar-refractivity contribution in [2.24, 2.45) is 0 Å². The first-order valence-corrected chi connectivity index (χ1v) is 11.4. The maximum atomic E-state index is 12.7. The van der Waals surface area contributed by atoms with Gasteiger partial charge < -0.3 is 0 Å². The molecule has 0 spiro atoms. The van der Waals surface area contributed by atoms with Crippen molar-refractivity contribution in [1.29, 1.82) is 0 Å². The van der Waals surface area contributed by atoms with Crippen LogP contribution in [-0.2, 0) is 20.0 Å². The molecule has 26 heavy (non-hydrogen) atoms. The second-order valence-electron chi connectivity index (χ2n) is 6.59. The quantitative estimate of drug-likeness (QED) is 0.864. The summed E-state index contributed by atoms with van der Waals surface area (Å²) >= 11 is 0. The van der Waals surface area contributed by atoms with Crippen LogP contribution in [0.2, 0.25) is 0 Å². The summed E-state index contributed by atoms with van der Waals surface area (Å²) in [7, 11) is -7.08. The zero-order valence-electron chi connectivity index (χ0n) is 15.0. The van der Waals surface area contributed by atoms with Crippen LogP contribution in [0.3, 0.4) is 0 Å². The Balaban J connectivity index is 1.96. The van der Waals surface area contributed by atoms with Crippen LogP contribution in [0.1, 0.15) is 23.1 Å². The maximum absolute atomic E-state index is 12.7. The van der Waals surface area contributed by atoms with Gasteiger partial charge in [-0.15, -0.1) is 0 Å². The van der Waals surface area contributed by atoms with Crippen LogP contribution in [0, 0.1) is 20.8 Å². The molecule has 1 saturated heterocycles. The van der Waals surface area contributed by atoms with Crippen molar-refractivity contribution < 1.29 is 16.8 Å². The summed E-state index contributed by atoms with van der Waals surface area (Å²) in [5.41, 5.74) is 3.48. The Bertz CT molecular complexity index is 1060. The minimum absolute atomic E-state index is 0.116. The van der Waals surface area contributed by atoms with Crippen molar-refractivity contribution in [3.05, 3.63) is 53.1 Å². The van der Waals surface area contributed by atoms with E-state index in [0.29, 0.717) is 24.3 Å². The lowest BCUT2D eigenvalue weighted by Gasteiger charge is -2.19. The summed E-state index contributed by atoms with van der Waals surface area (Å²) in [5, 5.41) is 0. The van der Waals surface area contributed by atoms with Gasteiger partial charge in [0.05, 0.1) is 22.0 Å². The van der Waals surface area contributed by atoms with Crippen LogP contribution in [0.15, 0.2) is 41.3 Å². The number of benzene rings is 2. The Morgan fingerprint density at radius 1 is 0.962 bits per heavy atom. The highest BCUT2D eigenvalue weighted by atomic mass is 32.2. The number of nitrogens with zero attached hydrogens (tertiary/aromatic N) is 1. The standard InChI is InChI=1S/C18H22N2O4S2/c1-13-6-8-17(11-15(13)3)26(23,24)19-18-12-16(7-5-14(18)2)20-9-4-10-25(20,21)22/h5-8,11-12,19H,4,9-10H2,1-3H3. The van der Waals surface area contributed by atoms with Crippen LogP contribution in [-0.4, -0.2) is 29.1 Å². The first kappa shape index (κ1) is 18.7. The molecule has 0 bridgehead atoms. The normalized spacial score (nSPS) is 16.7. The van der Waals surface area contributed by atoms with Crippen molar-refractivity contribution in [2.45, 2.75) is 32.1 Å². The fourth-order valence-electron chi connectivity index (χ4n) is 2.89. The topological polar surface area (TPSA) is 83.6 Å². The van der Waals surface area contributed by atoms with E-state index in [-0.39, 0.29) is 10.6 Å². The van der Waals surface area contributed by atoms with E-state index in [4.69, 9.17) is 0 Å². The third kappa shape index (κ3) is 3.57. The minimum Gasteiger partial charge on any atom is -0.279 e. The molecule has 1 fully saturated rings. The number of aryl methyl sites for hydroxylation is 3. The molecule has 0 unspecified atom stereocenters. The largest absolute Gasteiger partial charge is 0.279 e. The van der Waals surface area contributed by atoms with Crippen molar-refractivity contribution in [2.75, 3.05) is 21.3 Å². The average Bonchev–Trinajstić information content (AvgIpc) is 2.91. The van der Waals surface area contributed by atoms with Crippen LogP contribution in [0.25, 0.3) is 0 Å². The molecule has 1 N–H and O–H groups in total. The number of sulfonamides is 2. The van der Waals surface area contributed by atoms with Crippen LogP contribution >= 0.6 is 0 Å². The van der Waals surface area contributed by atoms with Crippen molar-refractivity contribution in [3.8, 4) is 0 Å². The zero-order valence-corrected chi connectivity index (χ0v) is 16.6. The van der Waals surface area contributed by atoms with Gasteiger partial charge in [0.25, 0.3) is 10.0 Å². The summed E-state index contributed by atoms with van der Waals surface area (Å²) in [4.78, 5) is 0.180. The molecule has 1 heterocycles. The fraction of sp³-hybridized carbons (Fsp3) is 0.333. The molecule has 0 amide bonds. The third-order valence-corrected chi connectivity index (χ3v) is 7.87. The lowest BCUT2D eigenvalue weighted by atomic mass is 10.1. The van der Waals surface area contributed by atoms with E-state index in [1.807, 2.05) is 13.8 Å². The molecule has 1 aliphatic heterocycles. The SMILES string of the molecule is Cc1ccc(S(=O)(=O)Nc2cc(N3CCCS3(=O)=O)ccc2C)cc1C. The number of anilines is 2. The molecule has 0 atom stereocenters. The third-order valence-electron chi connectivity index (χ3n) is 4.64. The summed E-state index contributed by atoms with van der Waals surface area (Å²) in [6, 6.07) is 9.96. The first-order valence-electron chi connectivity index (χ1n) is 8.31. The van der Waals surface area contributed by atoms with Gasteiger partial charge in [0.2, 0.25) is 10.0 Å². The summed E-state index contributed by atoms with van der Waals surface area (Å²) in [5.74, 6) is 0.116. The molecule has 1 aliphatic rings. The molecule has 8 heteroatoms. The highest BCUT2D eigenvalue weighted by Crippen LogP contribution is 2.30. The number of hydrogen-bond acceptors (Lipinski definition) is 4. The molecular weight excluding hydrogens is 372 g/mol. The Morgan fingerprint density at radius 2 is 1.65 bits per heavy atom. The minimum atomic E-state index is -3.76. The van der Waals surface area contributed by atoms with Gasteiger partial charge in [-0.2, -0.15) is 0 Å². The van der Waals surface area contributed by atoms with Crippen molar-refractivity contribution >= 4 is 31.4 Å². The van der Waals surface area contributed by atoms with Gasteiger partial charge in [0.1, 0.15) is 0 Å². The zero-order chi connectivity index (χ0) is 19.1. The lowest BCUT2D eigenvalue weighted by Crippen LogP contribution is -2.25. The Hall–Kier alpha value is -2.06. The summed E-state index contributed by atoms with van der Waals surface area (Å²) < 4.78 is 53.6. The van der Waals surface area contributed by atoms with E-state index in [9.17, 15) is 16.8 Å². The average molecular weight is 395 g/mol. The van der Waals surface area contributed by atoms with E-state index in [0.717, 1.165) is 16.7 Å². The Labute approximate surface area is 155 Å². The number of nitrogens with one attached hydrogen (secondary N) is 1. The van der Waals surface area contributed by atoms with Gasteiger partial charge in [-0.05, 0) is 68.1 Å². The highest BCUT2D eigenvalue weighted by Gasteiger charge is 2.29. The monoisotopic (exact) mass is 394 g/mol. The molecule has 140 valence electrons. The Kier molecular flexibility index (Phi) is 4.74. The fourth-order valence-corrected chi connectivity index (χ4v) is 5.65. The highest BCUT2D eigenvalue weighted by molar-refractivity contribution is 7.93. The molecule has 0 radical (unpaired) electrons. The lowest BCUT2D eigenvalue weighted by molar-refractivity contribution is 0.598. The molecule has 3 rings (SSSR count). The molecule has 2 aromatic rings. The van der Waals surface area contributed by atoms with Gasteiger partial charge in [-0.25, -0.2) is 16.8 Å². The van der Waals surface area contributed by atoms with Crippen LogP contribution in [0.4, 0.5) is 11.4 Å². The smallest absolute Gasteiger partial charge is 0.261 e. The van der Waals surface area contributed by atoms with Crippen LogP contribution < -0.4 is 9.03 Å². The summed E-state index contributed by atoms with van der Waals surface area (Å²) in [6.45, 7) is 5.97. The first-order chi connectivity index (χ1) is 12.1. The van der Waals surface area contributed by atoms with Gasteiger partial charge >= 0.3 is 0 Å². The van der Waals surface area contributed by atoms with Gasteiger partial charge in [-0.3, -0.25) is 9.03 Å². The van der Waals surface area contributed by atoms with E-state index in [1.165, 1.54) is 4.31 Å². The maximum Gasteiger partial charge on any atom is 0.261 e. The van der Waals surface area contributed by atoms with Gasteiger partial charge in [-0.1, -0.05) is 12.1 Å². The van der Waals surface area contributed by atoms with E-state index in [2.05, 4.69) is 4.72 Å². The predicted molar refractivity (Wildman–Crippen MR) is 104 cm³/mol. The van der Waals surface area contributed by atoms with E-state index < -0.39 is 20.0 Å². The van der Waals surface area contributed by atoms with Crippen LogP contribution in [0.5, 0.6) is 0 Å². The van der Waals surface area contributed by atoms with Gasteiger partial charge in [0.15, 0.2) is 0 Å². The number of rotatable bonds is 4. The molecule has 6 nitrogen and oxygen atoms in total. The molecule has 2 aromatic carbocycles. The second kappa shape index (κ2) is 6.59. The van der Waals surface area contributed by atoms with Gasteiger partial charge in [0, 0.05) is 6.54 Å². The molecule has 0 saturated carbocycles. The second-order valence-corrected chi connectivity index (χ2v) is 10.3. The summed E-state index contributed by atoms with van der Waals surface area (Å²) in [6.07, 6.45) is 0.569. The molecule has 0 aliphatic carbocycles.